The van der Waals surface area contributed by atoms with Gasteiger partial charge in [-0.3, -0.25) is 9.59 Å². The number of hydrogen-bond acceptors (Lipinski definition) is 4. The Labute approximate surface area is 112 Å². The quantitative estimate of drug-likeness (QED) is 0.735. The van der Waals surface area contributed by atoms with Crippen molar-refractivity contribution in [3.8, 4) is 0 Å². The van der Waals surface area contributed by atoms with E-state index in [0.717, 1.165) is 6.42 Å². The number of nitrogens with one attached hydrogen (secondary N) is 1. The van der Waals surface area contributed by atoms with Crippen molar-refractivity contribution in [1.82, 2.24) is 10.2 Å². The molecule has 1 N–H and O–H groups in total. The molecule has 2 heterocycles. The molecule has 2 aliphatic rings. The van der Waals surface area contributed by atoms with E-state index >= 15 is 0 Å². The van der Waals surface area contributed by atoms with E-state index in [2.05, 4.69) is 5.32 Å². The van der Waals surface area contributed by atoms with Gasteiger partial charge in [0, 0.05) is 19.5 Å². The maximum absolute atomic E-state index is 12.4. The number of carbonyl (C=O) groups is 3. The highest BCUT2D eigenvalue weighted by Gasteiger charge is 2.38. The third-order valence-electron chi connectivity index (χ3n) is 3.71. The maximum Gasteiger partial charge on any atom is 0.328 e. The number of hydrogen-bond donors (Lipinski definition) is 1. The van der Waals surface area contributed by atoms with Crippen LogP contribution in [-0.4, -0.2) is 48.4 Å². The molecule has 2 rings (SSSR count). The lowest BCUT2D eigenvalue weighted by molar-refractivity contribution is -0.154. The minimum atomic E-state index is -0.440. The van der Waals surface area contributed by atoms with Gasteiger partial charge in [-0.05, 0) is 26.2 Å². The molecule has 0 aromatic heterocycles. The van der Waals surface area contributed by atoms with Crippen LogP contribution < -0.4 is 5.32 Å². The standard InChI is InChI=1S/C13H20N2O4/c1-2-19-13(18)10-4-3-7-15(10)12(17)9-5-6-11(16)14-8-9/h9-10H,2-8H2,1H3,(H,14,16). The van der Waals surface area contributed by atoms with Gasteiger partial charge in [-0.15, -0.1) is 0 Å². The number of amides is 2. The summed E-state index contributed by atoms with van der Waals surface area (Å²) in [5.41, 5.74) is 0. The first-order chi connectivity index (χ1) is 9.13. The largest absolute Gasteiger partial charge is 0.464 e. The Morgan fingerprint density at radius 3 is 2.84 bits per heavy atom. The Morgan fingerprint density at radius 2 is 2.21 bits per heavy atom. The van der Waals surface area contributed by atoms with Gasteiger partial charge < -0.3 is 15.0 Å². The molecule has 0 bridgehead atoms. The molecular weight excluding hydrogens is 248 g/mol. The van der Waals surface area contributed by atoms with E-state index in [1.54, 1.807) is 11.8 Å². The normalized spacial score (nSPS) is 27.0. The van der Waals surface area contributed by atoms with Crippen LogP contribution in [0.3, 0.4) is 0 Å². The van der Waals surface area contributed by atoms with Crippen LogP contribution in [-0.2, 0) is 19.1 Å². The number of rotatable bonds is 3. The zero-order valence-electron chi connectivity index (χ0n) is 11.2. The molecule has 2 fully saturated rings. The first-order valence-corrected chi connectivity index (χ1v) is 6.87. The van der Waals surface area contributed by atoms with E-state index in [0.29, 0.717) is 39.0 Å². The fourth-order valence-corrected chi connectivity index (χ4v) is 2.69. The Morgan fingerprint density at radius 1 is 1.42 bits per heavy atom. The number of nitrogens with zero attached hydrogens (tertiary/aromatic N) is 1. The smallest absolute Gasteiger partial charge is 0.328 e. The highest BCUT2D eigenvalue weighted by Crippen LogP contribution is 2.23. The van der Waals surface area contributed by atoms with Crippen molar-refractivity contribution in [3.63, 3.8) is 0 Å². The summed E-state index contributed by atoms with van der Waals surface area (Å²) in [5.74, 6) is -0.552. The molecule has 2 aliphatic heterocycles. The average Bonchev–Trinajstić information content (AvgIpc) is 2.88. The molecule has 6 heteroatoms. The van der Waals surface area contributed by atoms with Crippen LogP contribution in [0.5, 0.6) is 0 Å². The lowest BCUT2D eigenvalue weighted by Gasteiger charge is -2.29. The molecular formula is C13H20N2O4. The van der Waals surface area contributed by atoms with Crippen LogP contribution in [0.2, 0.25) is 0 Å². The summed E-state index contributed by atoms with van der Waals surface area (Å²) >= 11 is 0. The zero-order chi connectivity index (χ0) is 13.8. The Kier molecular flexibility index (Phi) is 4.39. The molecule has 19 heavy (non-hydrogen) atoms. The molecule has 0 aromatic rings. The van der Waals surface area contributed by atoms with Crippen molar-refractivity contribution < 1.29 is 19.1 Å². The third kappa shape index (κ3) is 3.05. The molecule has 2 atom stereocenters. The zero-order valence-corrected chi connectivity index (χ0v) is 11.2. The molecule has 2 saturated heterocycles. The summed E-state index contributed by atoms with van der Waals surface area (Å²) in [4.78, 5) is 36.9. The number of esters is 1. The summed E-state index contributed by atoms with van der Waals surface area (Å²) < 4.78 is 5.01. The predicted molar refractivity (Wildman–Crippen MR) is 67.1 cm³/mol. The maximum atomic E-state index is 12.4. The minimum Gasteiger partial charge on any atom is -0.464 e. The Hall–Kier alpha value is -1.59. The van der Waals surface area contributed by atoms with Crippen molar-refractivity contribution in [1.29, 1.82) is 0 Å². The third-order valence-corrected chi connectivity index (χ3v) is 3.71. The highest BCUT2D eigenvalue weighted by molar-refractivity contribution is 5.88. The number of piperidine rings is 1. The van der Waals surface area contributed by atoms with Gasteiger partial charge in [0.25, 0.3) is 0 Å². The van der Waals surface area contributed by atoms with Crippen LogP contribution in [0.25, 0.3) is 0 Å². The number of carbonyl (C=O) groups excluding carboxylic acids is 3. The summed E-state index contributed by atoms with van der Waals surface area (Å²) in [6.45, 7) is 3.07. The number of ether oxygens (including phenoxy) is 1. The van der Waals surface area contributed by atoms with E-state index in [4.69, 9.17) is 4.74 Å². The first-order valence-electron chi connectivity index (χ1n) is 6.87. The van der Waals surface area contributed by atoms with Gasteiger partial charge in [-0.25, -0.2) is 4.79 Å². The van der Waals surface area contributed by atoms with Crippen molar-refractivity contribution in [2.45, 2.75) is 38.6 Å². The molecule has 6 nitrogen and oxygen atoms in total. The molecule has 0 radical (unpaired) electrons. The van der Waals surface area contributed by atoms with Gasteiger partial charge in [0.05, 0.1) is 12.5 Å². The number of likely N-dealkylation sites (tertiary alicyclic amines) is 1. The van der Waals surface area contributed by atoms with E-state index in [-0.39, 0.29) is 23.7 Å². The van der Waals surface area contributed by atoms with Crippen LogP contribution >= 0.6 is 0 Å². The van der Waals surface area contributed by atoms with Crippen molar-refractivity contribution in [2.24, 2.45) is 5.92 Å². The SMILES string of the molecule is CCOC(=O)C1CCCN1C(=O)C1CCC(=O)NC1. The van der Waals surface area contributed by atoms with Crippen molar-refractivity contribution >= 4 is 17.8 Å². The second-order valence-corrected chi connectivity index (χ2v) is 4.98. The van der Waals surface area contributed by atoms with Gasteiger partial charge in [0.2, 0.25) is 11.8 Å². The van der Waals surface area contributed by atoms with E-state index < -0.39 is 6.04 Å². The van der Waals surface area contributed by atoms with Gasteiger partial charge in [-0.2, -0.15) is 0 Å². The molecule has 0 saturated carbocycles. The monoisotopic (exact) mass is 268 g/mol. The fourth-order valence-electron chi connectivity index (χ4n) is 2.69. The summed E-state index contributed by atoms with van der Waals surface area (Å²) in [7, 11) is 0. The van der Waals surface area contributed by atoms with E-state index in [9.17, 15) is 14.4 Å². The van der Waals surface area contributed by atoms with E-state index in [1.165, 1.54) is 0 Å². The topological polar surface area (TPSA) is 75.7 Å². The fraction of sp³-hybridized carbons (Fsp3) is 0.769. The molecule has 2 amide bonds. The van der Waals surface area contributed by atoms with Gasteiger partial charge in [0.15, 0.2) is 0 Å². The Balaban J connectivity index is 1.97. The lowest BCUT2D eigenvalue weighted by Crippen LogP contribution is -2.48. The molecule has 106 valence electrons. The van der Waals surface area contributed by atoms with Crippen LogP contribution in [0.1, 0.15) is 32.6 Å². The second-order valence-electron chi connectivity index (χ2n) is 4.98. The van der Waals surface area contributed by atoms with Crippen LogP contribution in [0, 0.1) is 5.92 Å². The van der Waals surface area contributed by atoms with Crippen molar-refractivity contribution in [3.05, 3.63) is 0 Å². The molecule has 0 aliphatic carbocycles. The summed E-state index contributed by atoms with van der Waals surface area (Å²) in [6, 6.07) is -0.440. The van der Waals surface area contributed by atoms with E-state index in [1.807, 2.05) is 0 Å². The molecule has 0 spiro atoms. The van der Waals surface area contributed by atoms with Crippen LogP contribution in [0.4, 0.5) is 0 Å². The van der Waals surface area contributed by atoms with Gasteiger partial charge in [-0.1, -0.05) is 0 Å². The predicted octanol–water partition coefficient (Wildman–Crippen LogP) is 0.0667. The summed E-state index contributed by atoms with van der Waals surface area (Å²) in [5, 5.41) is 2.70. The first kappa shape index (κ1) is 13.8. The van der Waals surface area contributed by atoms with Gasteiger partial charge >= 0.3 is 5.97 Å². The van der Waals surface area contributed by atoms with Crippen LogP contribution in [0.15, 0.2) is 0 Å². The summed E-state index contributed by atoms with van der Waals surface area (Å²) in [6.07, 6.45) is 2.45. The molecule has 0 aromatic carbocycles. The highest BCUT2D eigenvalue weighted by atomic mass is 16.5. The second kappa shape index (κ2) is 6.04. The molecule has 2 unspecified atom stereocenters. The lowest BCUT2D eigenvalue weighted by atomic mass is 9.97. The van der Waals surface area contributed by atoms with Crippen molar-refractivity contribution in [2.75, 3.05) is 19.7 Å². The van der Waals surface area contributed by atoms with Gasteiger partial charge in [0.1, 0.15) is 6.04 Å². The Bertz CT molecular complexity index is 373. The minimum absolute atomic E-state index is 0.00702. The average molecular weight is 268 g/mol.